The van der Waals surface area contributed by atoms with Crippen molar-refractivity contribution in [3.63, 3.8) is 0 Å². The third-order valence-corrected chi connectivity index (χ3v) is 1.02. The average molecular weight is 120 g/mol. The molecule has 9 heavy (non-hydrogen) atoms. The van der Waals surface area contributed by atoms with Gasteiger partial charge in [0.1, 0.15) is 0 Å². The average Bonchev–Trinajstić information content (AvgIpc) is 1.90. The molecule has 0 aromatic carbocycles. The van der Waals surface area contributed by atoms with Gasteiger partial charge in [-0.1, -0.05) is 0 Å². The van der Waals surface area contributed by atoms with Gasteiger partial charge in [-0.25, -0.2) is 0 Å². The Kier molecular flexibility index (Phi) is 1.63. The number of carbonyl (C=O) groups is 1. The van der Waals surface area contributed by atoms with Crippen LogP contribution in [0, 0.1) is 0 Å². The molecule has 1 rings (SSSR count). The van der Waals surface area contributed by atoms with Crippen LogP contribution in [0.1, 0.15) is 10.4 Å². The Hall–Kier alpha value is -1.12. The molecule has 0 spiro atoms. The van der Waals surface area contributed by atoms with Crippen LogP contribution in [0.15, 0.2) is 24.1 Å². The summed E-state index contributed by atoms with van der Waals surface area (Å²) in [6.45, 7) is 1.78. The minimum absolute atomic E-state index is 0.331. The van der Waals surface area contributed by atoms with Crippen LogP contribution in [0.5, 0.6) is 0 Å². The van der Waals surface area contributed by atoms with Crippen molar-refractivity contribution in [3.05, 3.63) is 29.6 Å². The Bertz CT molecular complexity index is 208. The molecule has 44 valence electrons. The number of rotatable bonds is 1. The van der Waals surface area contributed by atoms with E-state index in [0.29, 0.717) is 5.56 Å². The van der Waals surface area contributed by atoms with Gasteiger partial charge < -0.3 is 0 Å². The molecule has 0 aliphatic rings. The van der Waals surface area contributed by atoms with Crippen LogP contribution >= 0.6 is 0 Å². The van der Waals surface area contributed by atoms with E-state index >= 15 is 0 Å². The number of aromatic carboxylic acids is 1. The first kappa shape index (κ1) is 6.01. The monoisotopic (exact) mass is 120 g/mol. The number of carboxylic acids is 1. The Balaban J connectivity index is 2.98. The van der Waals surface area contributed by atoms with Crippen molar-refractivity contribution in [3.8, 4) is 0 Å². The van der Waals surface area contributed by atoms with E-state index in [4.69, 9.17) is 5.11 Å². The van der Waals surface area contributed by atoms with Gasteiger partial charge in [-0.15, -0.1) is 0 Å². The van der Waals surface area contributed by atoms with Crippen LogP contribution in [-0.4, -0.2) is 18.0 Å². The molecule has 0 saturated carbocycles. The van der Waals surface area contributed by atoms with Gasteiger partial charge in [0, 0.05) is 0 Å². The van der Waals surface area contributed by atoms with Gasteiger partial charge in [0.05, 0.1) is 0 Å². The molecule has 0 amide bonds. The fourth-order valence-corrected chi connectivity index (χ4v) is 0.581. The summed E-state index contributed by atoms with van der Waals surface area (Å²) in [6.07, 6.45) is 0. The molecule has 0 bridgehead atoms. The quantitative estimate of drug-likeness (QED) is 0.592. The minimum atomic E-state index is -0.879. The first-order chi connectivity index (χ1) is 4.30. The summed E-state index contributed by atoms with van der Waals surface area (Å²) in [5, 5.41) is 8.38. The summed E-state index contributed by atoms with van der Waals surface area (Å²) in [5.41, 5.74) is 0.331. The van der Waals surface area contributed by atoms with Crippen molar-refractivity contribution in [2.24, 2.45) is 0 Å². The standard InChI is InChI=1S/C6H5BO2/c8-6(9)5-1-3-7-4-2-5/h1-4H,(H,8,9). The second-order valence-corrected chi connectivity index (χ2v) is 1.67. The summed E-state index contributed by atoms with van der Waals surface area (Å²) >= 11 is 0. The van der Waals surface area contributed by atoms with Crippen LogP contribution in [-0.2, 0) is 0 Å². The fraction of sp³-hybridized carbons (Fsp3) is 0. The normalized spacial score (nSPS) is 8.44. The van der Waals surface area contributed by atoms with Crippen LogP contribution < -0.4 is 0 Å². The molecule has 1 aromatic heterocycles. The summed E-state index contributed by atoms with van der Waals surface area (Å²) in [5.74, 6) is 2.52. The Morgan fingerprint density at radius 1 is 1.44 bits per heavy atom. The zero-order chi connectivity index (χ0) is 6.69. The molecule has 0 saturated heterocycles. The second kappa shape index (κ2) is 2.44. The number of carboxylic acid groups (broad SMARTS) is 1. The Morgan fingerprint density at radius 2 is 2.00 bits per heavy atom. The molecule has 1 N–H and O–H groups in total. The van der Waals surface area contributed by atoms with E-state index in [1.54, 1.807) is 31.0 Å². The van der Waals surface area contributed by atoms with E-state index in [2.05, 4.69) is 0 Å². The SMILES string of the molecule is O=C(O)c1ccbcc1. The molecule has 0 fully saturated rings. The van der Waals surface area contributed by atoms with Gasteiger partial charge in [0.2, 0.25) is 0 Å². The zero-order valence-corrected chi connectivity index (χ0v) is 4.74. The summed E-state index contributed by atoms with van der Waals surface area (Å²) in [6, 6.07) is 3.12. The van der Waals surface area contributed by atoms with Crippen molar-refractivity contribution in [2.75, 3.05) is 0 Å². The van der Waals surface area contributed by atoms with Crippen molar-refractivity contribution in [2.45, 2.75) is 0 Å². The summed E-state index contributed by atoms with van der Waals surface area (Å²) in [4.78, 5) is 10.2. The van der Waals surface area contributed by atoms with Gasteiger partial charge in [0.25, 0.3) is 0 Å². The topological polar surface area (TPSA) is 37.3 Å². The van der Waals surface area contributed by atoms with Crippen molar-refractivity contribution < 1.29 is 9.90 Å². The maximum absolute atomic E-state index is 10.2. The molecular weight excluding hydrogens is 115 g/mol. The summed E-state index contributed by atoms with van der Waals surface area (Å²) < 4.78 is 0. The molecule has 1 heterocycles. The first-order valence-corrected chi connectivity index (χ1v) is 2.59. The predicted octanol–water partition coefficient (Wildman–Crippen LogP) is 0.723. The van der Waals surface area contributed by atoms with Gasteiger partial charge in [-0.05, 0) is 0 Å². The number of hydrogen-bond acceptors (Lipinski definition) is 1. The molecule has 0 aliphatic carbocycles. The summed E-state index contributed by atoms with van der Waals surface area (Å²) in [7, 11) is 0. The molecule has 0 radical (unpaired) electrons. The molecule has 0 atom stereocenters. The Morgan fingerprint density at radius 3 is 2.33 bits per heavy atom. The number of hydrogen-bond donors (Lipinski definition) is 1. The van der Waals surface area contributed by atoms with Gasteiger partial charge >= 0.3 is 52.4 Å². The molecule has 2 nitrogen and oxygen atoms in total. The molecular formula is C6H5BO2. The van der Waals surface area contributed by atoms with E-state index in [1.807, 2.05) is 0 Å². The van der Waals surface area contributed by atoms with E-state index in [0.717, 1.165) is 0 Å². The molecule has 3 heteroatoms. The van der Waals surface area contributed by atoms with Crippen LogP contribution in [0.3, 0.4) is 0 Å². The van der Waals surface area contributed by atoms with Crippen LogP contribution in [0.25, 0.3) is 0 Å². The van der Waals surface area contributed by atoms with Crippen molar-refractivity contribution in [1.82, 2.24) is 0 Å². The van der Waals surface area contributed by atoms with Crippen LogP contribution in [0.4, 0.5) is 0 Å². The Labute approximate surface area is 53.4 Å². The second-order valence-electron chi connectivity index (χ2n) is 1.67. The van der Waals surface area contributed by atoms with Crippen LogP contribution in [0.2, 0.25) is 0 Å². The van der Waals surface area contributed by atoms with E-state index in [9.17, 15) is 4.79 Å². The molecule has 0 unspecified atom stereocenters. The fourth-order valence-electron chi connectivity index (χ4n) is 0.581. The predicted molar refractivity (Wildman–Crippen MR) is 34.7 cm³/mol. The molecule has 0 aliphatic heterocycles. The maximum atomic E-state index is 10.2. The van der Waals surface area contributed by atoms with Gasteiger partial charge in [0.15, 0.2) is 0 Å². The third-order valence-electron chi connectivity index (χ3n) is 1.02. The van der Waals surface area contributed by atoms with Crippen molar-refractivity contribution >= 4 is 12.9 Å². The van der Waals surface area contributed by atoms with E-state index in [-0.39, 0.29) is 0 Å². The van der Waals surface area contributed by atoms with Gasteiger partial charge in [-0.3, -0.25) is 0 Å². The van der Waals surface area contributed by atoms with Crippen molar-refractivity contribution in [1.29, 1.82) is 0 Å². The third kappa shape index (κ3) is 1.39. The zero-order valence-electron chi connectivity index (χ0n) is 4.74. The van der Waals surface area contributed by atoms with Gasteiger partial charge in [-0.2, -0.15) is 0 Å². The van der Waals surface area contributed by atoms with E-state index in [1.165, 1.54) is 0 Å². The van der Waals surface area contributed by atoms with E-state index < -0.39 is 5.97 Å². The first-order valence-electron chi connectivity index (χ1n) is 2.59. The molecule has 1 aromatic rings.